The second-order valence-electron chi connectivity index (χ2n) is 6.98. The van der Waals surface area contributed by atoms with Crippen molar-refractivity contribution in [2.75, 3.05) is 0 Å². The van der Waals surface area contributed by atoms with Gasteiger partial charge in [-0.05, 0) is 56.2 Å². The zero-order valence-corrected chi connectivity index (χ0v) is 15.0. The molecular weight excluding hydrogens is 306 g/mol. The average molecular weight is 326 g/mol. The van der Waals surface area contributed by atoms with E-state index in [2.05, 4.69) is 85.3 Å². The molecule has 3 heterocycles. The quantitative estimate of drug-likeness (QED) is 0.302. The lowest BCUT2D eigenvalue weighted by atomic mass is 10.0. The molecule has 0 atom stereocenters. The number of fused-ring (bicyclic) bond motifs is 8. The number of aromatic nitrogens is 3. The summed E-state index contributed by atoms with van der Waals surface area (Å²) in [6, 6.07) is 17.3. The fraction of sp³-hybridized carbons (Fsp3) is 0.182. The van der Waals surface area contributed by atoms with Crippen molar-refractivity contribution in [3.05, 3.63) is 65.4 Å². The molecule has 5 rings (SSSR count). The molecule has 3 nitrogen and oxygen atoms in total. The van der Waals surface area contributed by atoms with Crippen molar-refractivity contribution in [3.63, 3.8) is 0 Å². The Bertz CT molecular complexity index is 1330. The molecule has 0 unspecified atom stereocenters. The van der Waals surface area contributed by atoms with E-state index >= 15 is 0 Å². The Morgan fingerprint density at radius 3 is 2.56 bits per heavy atom. The summed E-state index contributed by atoms with van der Waals surface area (Å²) < 4.78 is 4.71. The van der Waals surface area contributed by atoms with Crippen molar-refractivity contribution in [2.45, 2.75) is 20.8 Å². The number of aryl methyl sites for hydroxylation is 4. The lowest BCUT2D eigenvalue weighted by Gasteiger charge is -2.09. The van der Waals surface area contributed by atoms with Gasteiger partial charge in [0.15, 0.2) is 11.0 Å². The standard InChI is InChI=1S/C22H20N3/c1-13-8-7-9-16-20-19(14(2)12-15(3)23-20)22-24(4)17-10-5-6-11-18(17)25(22)21(13)16/h5-12H,1-4H3/q+1. The molecule has 0 spiro atoms. The van der Waals surface area contributed by atoms with Crippen LogP contribution in [-0.4, -0.2) is 9.38 Å². The number of para-hydroxylation sites is 3. The average Bonchev–Trinajstić information content (AvgIpc) is 2.88. The van der Waals surface area contributed by atoms with E-state index in [1.807, 2.05) is 0 Å². The molecular formula is C22H20N3+. The maximum absolute atomic E-state index is 4.94. The van der Waals surface area contributed by atoms with Crippen molar-refractivity contribution in [2.24, 2.45) is 7.05 Å². The van der Waals surface area contributed by atoms with Crippen LogP contribution in [0.5, 0.6) is 0 Å². The van der Waals surface area contributed by atoms with Gasteiger partial charge in [-0.1, -0.05) is 24.3 Å². The number of nitrogens with zero attached hydrogens (tertiary/aromatic N) is 3. The molecule has 5 aromatic rings. The van der Waals surface area contributed by atoms with Gasteiger partial charge < -0.3 is 0 Å². The van der Waals surface area contributed by atoms with Crippen LogP contribution >= 0.6 is 0 Å². The summed E-state index contributed by atoms with van der Waals surface area (Å²) in [6.07, 6.45) is 0. The summed E-state index contributed by atoms with van der Waals surface area (Å²) >= 11 is 0. The second kappa shape index (κ2) is 4.79. The minimum atomic E-state index is 1.07. The predicted molar refractivity (Wildman–Crippen MR) is 103 cm³/mol. The largest absolute Gasteiger partial charge is 0.297 e. The first-order valence-corrected chi connectivity index (χ1v) is 8.66. The first-order chi connectivity index (χ1) is 12.1. The number of imidazole rings is 1. The third-order valence-electron chi connectivity index (χ3n) is 5.30. The molecule has 0 amide bonds. The van der Waals surface area contributed by atoms with E-state index in [-0.39, 0.29) is 0 Å². The molecule has 0 aliphatic rings. The molecule has 0 saturated carbocycles. The van der Waals surface area contributed by atoms with Crippen LogP contribution in [0.15, 0.2) is 48.5 Å². The number of hydrogen-bond acceptors (Lipinski definition) is 1. The molecule has 3 aromatic heterocycles. The molecule has 0 aliphatic heterocycles. The Kier molecular flexibility index (Phi) is 2.76. The SMILES string of the molecule is Cc1cc(C)c2c(n1)c1cccc(C)c1n1c3ccccc3[n+](C)c21. The topological polar surface area (TPSA) is 21.2 Å². The molecule has 0 bridgehead atoms. The van der Waals surface area contributed by atoms with Crippen molar-refractivity contribution in [1.29, 1.82) is 0 Å². The number of hydrogen-bond donors (Lipinski definition) is 0. The summed E-state index contributed by atoms with van der Waals surface area (Å²) in [5.41, 5.74) is 9.64. The highest BCUT2D eigenvalue weighted by molar-refractivity contribution is 6.12. The summed E-state index contributed by atoms with van der Waals surface area (Å²) in [4.78, 5) is 4.94. The van der Waals surface area contributed by atoms with Gasteiger partial charge in [-0.3, -0.25) is 4.98 Å². The Balaban J connectivity index is 2.30. The molecule has 25 heavy (non-hydrogen) atoms. The van der Waals surface area contributed by atoms with E-state index in [4.69, 9.17) is 4.98 Å². The first-order valence-electron chi connectivity index (χ1n) is 8.66. The molecule has 122 valence electrons. The van der Waals surface area contributed by atoms with Gasteiger partial charge >= 0.3 is 0 Å². The van der Waals surface area contributed by atoms with E-state index in [0.29, 0.717) is 0 Å². The Hall–Kier alpha value is -2.94. The van der Waals surface area contributed by atoms with Crippen molar-refractivity contribution in [1.82, 2.24) is 9.38 Å². The normalized spacial score (nSPS) is 12.0. The van der Waals surface area contributed by atoms with Gasteiger partial charge in [0.25, 0.3) is 5.65 Å². The highest BCUT2D eigenvalue weighted by Gasteiger charge is 2.25. The molecule has 0 saturated heterocycles. The minimum Gasteiger partial charge on any atom is -0.252 e. The van der Waals surface area contributed by atoms with E-state index in [1.54, 1.807) is 0 Å². The first kappa shape index (κ1) is 14.4. The van der Waals surface area contributed by atoms with Crippen LogP contribution in [-0.2, 0) is 7.05 Å². The second-order valence-corrected chi connectivity index (χ2v) is 6.98. The van der Waals surface area contributed by atoms with Gasteiger partial charge in [0, 0.05) is 11.1 Å². The third-order valence-corrected chi connectivity index (χ3v) is 5.30. The van der Waals surface area contributed by atoms with E-state index in [1.165, 1.54) is 44.1 Å². The van der Waals surface area contributed by atoms with Gasteiger partial charge in [-0.2, -0.15) is 4.40 Å². The summed E-state index contributed by atoms with van der Waals surface area (Å²) in [6.45, 7) is 6.45. The summed E-state index contributed by atoms with van der Waals surface area (Å²) in [7, 11) is 2.15. The monoisotopic (exact) mass is 326 g/mol. The van der Waals surface area contributed by atoms with Gasteiger partial charge in [-0.25, -0.2) is 4.57 Å². The number of benzene rings is 2. The van der Waals surface area contributed by atoms with Crippen LogP contribution in [0.2, 0.25) is 0 Å². The van der Waals surface area contributed by atoms with Crippen LogP contribution in [0.25, 0.3) is 38.5 Å². The lowest BCUT2D eigenvalue weighted by Crippen LogP contribution is -2.27. The summed E-state index contributed by atoms with van der Waals surface area (Å²) in [5.74, 6) is 0. The Morgan fingerprint density at radius 2 is 1.72 bits per heavy atom. The number of rotatable bonds is 0. The Labute approximate surface area is 146 Å². The van der Waals surface area contributed by atoms with Gasteiger partial charge in [0.2, 0.25) is 0 Å². The van der Waals surface area contributed by atoms with Crippen LogP contribution in [0.3, 0.4) is 0 Å². The molecule has 3 heteroatoms. The van der Waals surface area contributed by atoms with Gasteiger partial charge in [0.05, 0.1) is 18.0 Å². The van der Waals surface area contributed by atoms with E-state index < -0.39 is 0 Å². The zero-order chi connectivity index (χ0) is 17.3. The fourth-order valence-electron chi connectivity index (χ4n) is 4.28. The van der Waals surface area contributed by atoms with Gasteiger partial charge in [0.1, 0.15) is 5.52 Å². The lowest BCUT2D eigenvalue weighted by molar-refractivity contribution is -0.617. The number of pyridine rings is 2. The summed E-state index contributed by atoms with van der Waals surface area (Å²) in [5, 5.41) is 2.46. The smallest absolute Gasteiger partial charge is 0.252 e. The maximum Gasteiger partial charge on any atom is 0.297 e. The maximum atomic E-state index is 4.94. The van der Waals surface area contributed by atoms with Crippen LogP contribution in [0.4, 0.5) is 0 Å². The van der Waals surface area contributed by atoms with E-state index in [0.717, 1.165) is 11.2 Å². The predicted octanol–water partition coefficient (Wildman–Crippen LogP) is 4.54. The molecule has 0 aliphatic carbocycles. The molecule has 0 N–H and O–H groups in total. The highest BCUT2D eigenvalue weighted by Crippen LogP contribution is 2.33. The van der Waals surface area contributed by atoms with Crippen LogP contribution < -0.4 is 4.57 Å². The van der Waals surface area contributed by atoms with Crippen LogP contribution in [0.1, 0.15) is 16.8 Å². The van der Waals surface area contributed by atoms with Crippen LogP contribution in [0, 0.1) is 20.8 Å². The Morgan fingerprint density at radius 1 is 0.920 bits per heavy atom. The van der Waals surface area contributed by atoms with Crippen molar-refractivity contribution >= 4 is 38.5 Å². The molecule has 0 radical (unpaired) electrons. The van der Waals surface area contributed by atoms with Crippen molar-refractivity contribution < 1.29 is 4.57 Å². The van der Waals surface area contributed by atoms with E-state index in [9.17, 15) is 0 Å². The van der Waals surface area contributed by atoms with Crippen molar-refractivity contribution in [3.8, 4) is 0 Å². The molecule has 2 aromatic carbocycles. The van der Waals surface area contributed by atoms with Gasteiger partial charge in [-0.15, -0.1) is 0 Å². The minimum absolute atomic E-state index is 1.07. The fourth-order valence-corrected chi connectivity index (χ4v) is 4.28. The zero-order valence-electron chi connectivity index (χ0n) is 15.0. The molecule has 0 fully saturated rings. The third kappa shape index (κ3) is 1.75. The highest BCUT2D eigenvalue weighted by atomic mass is 15.1.